The van der Waals surface area contributed by atoms with Crippen molar-refractivity contribution in [1.29, 1.82) is 0 Å². The van der Waals surface area contributed by atoms with E-state index in [2.05, 4.69) is 37.4 Å². The second kappa shape index (κ2) is 8.74. The van der Waals surface area contributed by atoms with E-state index in [0.717, 1.165) is 52.2 Å². The Morgan fingerprint density at radius 3 is 2.72 bits per heavy atom. The van der Waals surface area contributed by atoms with Crippen molar-refractivity contribution in [1.82, 2.24) is 15.0 Å². The molecule has 2 N–H and O–H groups in total. The highest BCUT2D eigenvalue weighted by atomic mass is 19.4. The molecule has 0 aliphatic carbocycles. The van der Waals surface area contributed by atoms with Gasteiger partial charge in [-0.25, -0.2) is 4.98 Å². The van der Waals surface area contributed by atoms with Gasteiger partial charge in [-0.05, 0) is 55.3 Å². The Morgan fingerprint density at radius 2 is 1.97 bits per heavy atom. The fourth-order valence-electron chi connectivity index (χ4n) is 4.24. The number of benzene rings is 1. The molecule has 0 saturated carbocycles. The molecule has 11 heteroatoms. The first-order chi connectivity index (χ1) is 17.2. The Labute approximate surface area is 205 Å². The zero-order valence-corrected chi connectivity index (χ0v) is 19.7. The van der Waals surface area contributed by atoms with Crippen LogP contribution in [0.2, 0.25) is 0 Å². The van der Waals surface area contributed by atoms with Crippen molar-refractivity contribution in [2.75, 3.05) is 29.1 Å². The molecule has 1 amide bonds. The Kier molecular flexibility index (Phi) is 5.70. The lowest BCUT2D eigenvalue weighted by atomic mass is 9.94. The van der Waals surface area contributed by atoms with E-state index < -0.39 is 17.6 Å². The van der Waals surface area contributed by atoms with Crippen LogP contribution in [-0.2, 0) is 6.18 Å². The third-order valence-electron chi connectivity index (χ3n) is 6.07. The molecule has 0 radical (unpaired) electrons. The van der Waals surface area contributed by atoms with E-state index >= 15 is 0 Å². The number of carbonyl (C=O) groups excluding carboxylic acids is 1. The van der Waals surface area contributed by atoms with Crippen molar-refractivity contribution in [3.63, 3.8) is 0 Å². The number of aromatic nitrogens is 3. The summed E-state index contributed by atoms with van der Waals surface area (Å²) in [4.78, 5) is 32.3. The van der Waals surface area contributed by atoms with Crippen LogP contribution < -0.4 is 15.5 Å². The first kappa shape index (κ1) is 23.5. The number of rotatable bonds is 4. The number of nitrogens with one attached hydrogen (secondary N) is 2. The maximum Gasteiger partial charge on any atom is 0.416 e. The number of hydrogen-bond donors (Lipinski definition) is 2. The molecule has 0 unspecified atom stereocenters. The average molecular weight is 493 g/mol. The molecule has 0 saturated heterocycles. The van der Waals surface area contributed by atoms with Crippen LogP contribution in [0.25, 0.3) is 11.6 Å². The number of aryl methyl sites for hydroxylation is 1. The highest BCUT2D eigenvalue weighted by Gasteiger charge is 2.35. The highest BCUT2D eigenvalue weighted by Crippen LogP contribution is 2.38. The molecule has 3 aromatic rings. The maximum atomic E-state index is 13.1. The molecule has 8 nitrogen and oxygen atoms in total. The number of amides is 1. The smallest absolute Gasteiger partial charge is 0.357 e. The molecule has 0 spiro atoms. The molecule has 0 bridgehead atoms. The average Bonchev–Trinajstić information content (AvgIpc) is 3.26. The van der Waals surface area contributed by atoms with E-state index in [1.54, 1.807) is 25.4 Å². The Bertz CT molecular complexity index is 1430. The van der Waals surface area contributed by atoms with E-state index in [1.807, 2.05) is 19.1 Å². The first-order valence-electron chi connectivity index (χ1n) is 11.2. The molecule has 36 heavy (non-hydrogen) atoms. The second-order valence-corrected chi connectivity index (χ2v) is 8.58. The van der Waals surface area contributed by atoms with Crippen LogP contribution in [0.5, 0.6) is 0 Å². The number of amidine groups is 1. The van der Waals surface area contributed by atoms with Crippen molar-refractivity contribution in [2.45, 2.75) is 26.1 Å². The number of nitrogens with zero attached hydrogens (tertiary/aromatic N) is 5. The summed E-state index contributed by atoms with van der Waals surface area (Å²) in [6, 6.07) is 6.97. The van der Waals surface area contributed by atoms with Gasteiger partial charge in [0.15, 0.2) is 0 Å². The van der Waals surface area contributed by atoms with Crippen LogP contribution in [0.4, 0.5) is 30.6 Å². The minimum atomic E-state index is -4.57. The lowest BCUT2D eigenvalue weighted by Gasteiger charge is -2.31. The van der Waals surface area contributed by atoms with Crippen LogP contribution >= 0.6 is 0 Å². The molecule has 4 heterocycles. The van der Waals surface area contributed by atoms with Gasteiger partial charge in [0, 0.05) is 36.3 Å². The van der Waals surface area contributed by atoms with E-state index in [9.17, 15) is 18.0 Å². The molecule has 2 aromatic heterocycles. The van der Waals surface area contributed by atoms with Crippen molar-refractivity contribution in [2.24, 2.45) is 4.99 Å². The zero-order valence-electron chi connectivity index (χ0n) is 19.7. The monoisotopic (exact) mass is 493 g/mol. The van der Waals surface area contributed by atoms with Crippen molar-refractivity contribution in [3.8, 4) is 0 Å². The van der Waals surface area contributed by atoms with Crippen LogP contribution in [0.1, 0.15) is 39.7 Å². The molecular formula is C25H22F3N7O. The first-order valence-corrected chi connectivity index (χ1v) is 11.2. The van der Waals surface area contributed by atoms with Gasteiger partial charge in [0.25, 0.3) is 5.91 Å². The summed E-state index contributed by atoms with van der Waals surface area (Å²) in [5.41, 5.74) is 2.61. The summed E-state index contributed by atoms with van der Waals surface area (Å²) in [5, 5.41) is 5.62. The Hall–Kier alpha value is -4.28. The highest BCUT2D eigenvalue weighted by molar-refractivity contribution is 6.36. The Morgan fingerprint density at radius 1 is 1.17 bits per heavy atom. The van der Waals surface area contributed by atoms with E-state index in [4.69, 9.17) is 4.99 Å². The summed E-state index contributed by atoms with van der Waals surface area (Å²) in [7, 11) is 1.76. The number of halogens is 3. The molecule has 184 valence electrons. The predicted molar refractivity (Wildman–Crippen MR) is 132 cm³/mol. The molecule has 0 fully saturated rings. The van der Waals surface area contributed by atoms with Gasteiger partial charge in [0.05, 0.1) is 18.2 Å². The van der Waals surface area contributed by atoms with E-state index in [0.29, 0.717) is 18.2 Å². The fraction of sp³-hybridized carbons (Fsp3) is 0.240. The maximum absolute atomic E-state index is 13.1. The van der Waals surface area contributed by atoms with E-state index in [1.165, 1.54) is 0 Å². The number of aliphatic imine (C=N–C) groups is 1. The lowest BCUT2D eigenvalue weighted by Crippen LogP contribution is -2.38. The summed E-state index contributed by atoms with van der Waals surface area (Å²) in [5.74, 6) is 1.30. The number of carbonyl (C=O) groups is 1. The van der Waals surface area contributed by atoms with Gasteiger partial charge in [-0.3, -0.25) is 14.8 Å². The van der Waals surface area contributed by atoms with Crippen LogP contribution in [0, 0.1) is 6.92 Å². The Balaban J connectivity index is 1.51. The van der Waals surface area contributed by atoms with Crippen molar-refractivity contribution < 1.29 is 18.0 Å². The summed E-state index contributed by atoms with van der Waals surface area (Å²) >= 11 is 0. The lowest BCUT2D eigenvalue weighted by molar-refractivity contribution is -0.137. The second-order valence-electron chi connectivity index (χ2n) is 8.58. The normalized spacial score (nSPS) is 16.6. The minimum Gasteiger partial charge on any atom is -0.357 e. The summed E-state index contributed by atoms with van der Waals surface area (Å²) in [6.07, 6.45) is 0.111. The van der Waals surface area contributed by atoms with Crippen LogP contribution in [0.3, 0.4) is 0 Å². The predicted octanol–water partition coefficient (Wildman–Crippen LogP) is 4.65. The van der Waals surface area contributed by atoms with Crippen molar-refractivity contribution >= 4 is 40.8 Å². The van der Waals surface area contributed by atoms with Crippen LogP contribution in [0.15, 0.2) is 47.7 Å². The zero-order chi connectivity index (χ0) is 25.6. The van der Waals surface area contributed by atoms with E-state index in [-0.39, 0.29) is 11.7 Å². The van der Waals surface area contributed by atoms with Gasteiger partial charge in [-0.2, -0.15) is 18.2 Å². The van der Waals surface area contributed by atoms with Gasteiger partial charge in [-0.15, -0.1) is 0 Å². The number of fused-ring (bicyclic) bond motifs is 3. The van der Waals surface area contributed by atoms with Gasteiger partial charge < -0.3 is 15.5 Å². The molecule has 1 atom stereocenters. The van der Waals surface area contributed by atoms with Gasteiger partial charge in [-0.1, -0.05) is 6.07 Å². The minimum absolute atomic E-state index is 0.0947. The summed E-state index contributed by atoms with van der Waals surface area (Å²) in [6.45, 7) is 4.60. The van der Waals surface area contributed by atoms with Crippen molar-refractivity contribution in [3.05, 3.63) is 70.7 Å². The number of hydrogen-bond acceptors (Lipinski definition) is 7. The molecule has 2 aliphatic rings. The third kappa shape index (κ3) is 4.16. The molecule has 2 aliphatic heterocycles. The third-order valence-corrected chi connectivity index (χ3v) is 6.07. The molecular weight excluding hydrogens is 471 g/mol. The van der Waals surface area contributed by atoms with Crippen LogP contribution in [-0.4, -0.2) is 46.3 Å². The number of anilines is 3. The quantitative estimate of drug-likeness (QED) is 0.549. The van der Waals surface area contributed by atoms with Gasteiger partial charge in [0.2, 0.25) is 5.95 Å². The number of pyridine rings is 1. The molecule has 5 rings (SSSR count). The fourth-order valence-corrected chi connectivity index (χ4v) is 4.24. The molecule has 1 aromatic carbocycles. The standard InChI is InChI=1S/C25H22F3N7O/c1-13-4-5-17(33-23(36)20-9-16(6-7-30-20)25(26,27)28)10-18(13)19-8-15-12-32-24(29-3)34-21(15)35-14(2)11-31-22(19)35/h4-10,12,14H,11H2,1-3H3,(H,33,36)(H,29,32,34)/t14-/m0/s1. The SMILES string of the molecule is CNc1ncc2c(n1)N1C(=NC[C@@H]1C)C(c1cc(NC(=O)c3cc(C(F)(F)F)ccn3)ccc1C)=C2. The van der Waals surface area contributed by atoms with Gasteiger partial charge >= 0.3 is 6.18 Å². The summed E-state index contributed by atoms with van der Waals surface area (Å²) < 4.78 is 39.2. The topological polar surface area (TPSA) is 95.4 Å². The van der Waals surface area contributed by atoms with Gasteiger partial charge in [0.1, 0.15) is 17.3 Å². The largest absolute Gasteiger partial charge is 0.416 e. The number of alkyl halides is 3.